The molecule has 1 saturated carbocycles. The number of carbonyl (C=O) groups excluding carboxylic acids is 1. The topological polar surface area (TPSA) is 59.3 Å². The number of nitrogens with zero attached hydrogens (tertiary/aromatic N) is 3. The van der Waals surface area contributed by atoms with E-state index in [2.05, 4.69) is 22.3 Å². The average Bonchev–Trinajstić information content (AvgIpc) is 3.02. The zero-order chi connectivity index (χ0) is 14.8. The van der Waals surface area contributed by atoms with E-state index in [1.807, 2.05) is 11.4 Å². The van der Waals surface area contributed by atoms with Crippen LogP contribution in [-0.4, -0.2) is 20.5 Å². The standard InChI is InChI=1S/C15H22N4OS/c1-3-13-18-19-12(10(2)17-15(19)21-13)9-16-14(20)11-7-5-4-6-8-11/h11H,3-9H2,1-2H3,(H,16,20). The molecule has 0 aliphatic heterocycles. The molecule has 2 heterocycles. The van der Waals surface area contributed by atoms with E-state index in [-0.39, 0.29) is 11.8 Å². The van der Waals surface area contributed by atoms with Gasteiger partial charge in [-0.05, 0) is 26.2 Å². The van der Waals surface area contributed by atoms with Gasteiger partial charge in [-0.25, -0.2) is 9.50 Å². The fraction of sp³-hybridized carbons (Fsp3) is 0.667. The molecule has 0 unspecified atom stereocenters. The van der Waals surface area contributed by atoms with Crippen molar-refractivity contribution in [2.24, 2.45) is 5.92 Å². The van der Waals surface area contributed by atoms with Crippen LogP contribution in [0, 0.1) is 12.8 Å². The molecule has 5 nitrogen and oxygen atoms in total. The number of rotatable bonds is 4. The van der Waals surface area contributed by atoms with E-state index < -0.39 is 0 Å². The van der Waals surface area contributed by atoms with Crippen LogP contribution in [0.5, 0.6) is 0 Å². The quantitative estimate of drug-likeness (QED) is 0.945. The lowest BCUT2D eigenvalue weighted by Gasteiger charge is -2.20. The first-order valence-electron chi connectivity index (χ1n) is 7.80. The third-order valence-corrected chi connectivity index (χ3v) is 5.30. The zero-order valence-corrected chi connectivity index (χ0v) is 13.5. The predicted octanol–water partition coefficient (Wildman–Crippen LogP) is 2.86. The monoisotopic (exact) mass is 306 g/mol. The smallest absolute Gasteiger partial charge is 0.223 e. The van der Waals surface area contributed by atoms with Crippen molar-refractivity contribution in [1.29, 1.82) is 0 Å². The Morgan fingerprint density at radius 2 is 2.14 bits per heavy atom. The second-order valence-electron chi connectivity index (χ2n) is 5.74. The van der Waals surface area contributed by atoms with Crippen molar-refractivity contribution in [3.63, 3.8) is 0 Å². The number of nitrogens with one attached hydrogen (secondary N) is 1. The highest BCUT2D eigenvalue weighted by molar-refractivity contribution is 7.16. The number of hydrogen-bond acceptors (Lipinski definition) is 4. The summed E-state index contributed by atoms with van der Waals surface area (Å²) in [5, 5.41) is 8.72. The highest BCUT2D eigenvalue weighted by Gasteiger charge is 2.21. The summed E-state index contributed by atoms with van der Waals surface area (Å²) in [6.07, 6.45) is 6.61. The number of hydrogen-bond donors (Lipinski definition) is 1. The normalized spacial score (nSPS) is 16.5. The molecule has 0 aromatic carbocycles. The number of aryl methyl sites for hydroxylation is 2. The number of carbonyl (C=O) groups is 1. The van der Waals surface area contributed by atoms with Gasteiger partial charge in [0, 0.05) is 5.92 Å². The molecule has 114 valence electrons. The lowest BCUT2D eigenvalue weighted by atomic mass is 9.89. The van der Waals surface area contributed by atoms with E-state index in [0.717, 1.165) is 40.6 Å². The fourth-order valence-electron chi connectivity index (χ4n) is 2.96. The third kappa shape index (κ3) is 2.95. The Labute approximate surface area is 128 Å². The van der Waals surface area contributed by atoms with Crippen molar-refractivity contribution in [1.82, 2.24) is 19.9 Å². The van der Waals surface area contributed by atoms with Crippen LogP contribution in [0.2, 0.25) is 0 Å². The molecule has 0 saturated heterocycles. The van der Waals surface area contributed by atoms with Crippen molar-refractivity contribution in [2.45, 2.75) is 58.9 Å². The Bertz CT molecular complexity index is 639. The molecule has 1 amide bonds. The average molecular weight is 306 g/mol. The molecule has 0 bridgehead atoms. The van der Waals surface area contributed by atoms with E-state index in [1.165, 1.54) is 19.3 Å². The molecule has 1 N–H and O–H groups in total. The van der Waals surface area contributed by atoms with Gasteiger partial charge in [-0.1, -0.05) is 37.5 Å². The van der Waals surface area contributed by atoms with Crippen molar-refractivity contribution in [2.75, 3.05) is 0 Å². The van der Waals surface area contributed by atoms with Gasteiger partial charge in [0.1, 0.15) is 5.01 Å². The second-order valence-corrected chi connectivity index (χ2v) is 6.78. The van der Waals surface area contributed by atoms with Gasteiger partial charge in [0.15, 0.2) is 0 Å². The van der Waals surface area contributed by atoms with E-state index in [9.17, 15) is 4.79 Å². The summed E-state index contributed by atoms with van der Waals surface area (Å²) in [7, 11) is 0. The van der Waals surface area contributed by atoms with E-state index in [4.69, 9.17) is 0 Å². The molecular weight excluding hydrogens is 284 g/mol. The molecular formula is C15H22N4OS. The second kappa shape index (κ2) is 6.13. The summed E-state index contributed by atoms with van der Waals surface area (Å²) in [5.41, 5.74) is 1.96. The third-order valence-electron chi connectivity index (χ3n) is 4.25. The zero-order valence-electron chi connectivity index (χ0n) is 12.7. The lowest BCUT2D eigenvalue weighted by molar-refractivity contribution is -0.126. The van der Waals surface area contributed by atoms with Crippen LogP contribution in [0.25, 0.3) is 4.96 Å². The Hall–Kier alpha value is -1.43. The molecule has 1 aliphatic rings. The van der Waals surface area contributed by atoms with Gasteiger partial charge in [0.25, 0.3) is 0 Å². The minimum Gasteiger partial charge on any atom is -0.350 e. The first kappa shape index (κ1) is 14.5. The molecule has 0 spiro atoms. The Balaban J connectivity index is 1.70. The van der Waals surface area contributed by atoms with Crippen LogP contribution >= 0.6 is 11.3 Å². The largest absolute Gasteiger partial charge is 0.350 e. The maximum atomic E-state index is 12.2. The van der Waals surface area contributed by atoms with Crippen molar-refractivity contribution in [3.8, 4) is 0 Å². The van der Waals surface area contributed by atoms with Gasteiger partial charge in [-0.15, -0.1) is 0 Å². The lowest BCUT2D eigenvalue weighted by Crippen LogP contribution is -2.32. The van der Waals surface area contributed by atoms with E-state index >= 15 is 0 Å². The molecule has 0 radical (unpaired) electrons. The van der Waals surface area contributed by atoms with E-state index in [1.54, 1.807) is 11.3 Å². The first-order chi connectivity index (χ1) is 10.2. The van der Waals surface area contributed by atoms with Gasteiger partial charge in [-0.3, -0.25) is 4.79 Å². The van der Waals surface area contributed by atoms with Crippen LogP contribution in [0.3, 0.4) is 0 Å². The predicted molar refractivity (Wildman–Crippen MR) is 83.4 cm³/mol. The first-order valence-corrected chi connectivity index (χ1v) is 8.62. The molecule has 1 fully saturated rings. The van der Waals surface area contributed by atoms with Crippen molar-refractivity contribution >= 4 is 22.2 Å². The maximum absolute atomic E-state index is 12.2. The Morgan fingerprint density at radius 3 is 2.86 bits per heavy atom. The number of amides is 1. The van der Waals surface area contributed by atoms with Gasteiger partial charge < -0.3 is 5.32 Å². The molecule has 21 heavy (non-hydrogen) atoms. The SMILES string of the molecule is CCc1nn2c(CNC(=O)C3CCCCC3)c(C)nc2s1. The van der Waals surface area contributed by atoms with Crippen LogP contribution in [0.4, 0.5) is 0 Å². The fourth-order valence-corrected chi connectivity index (χ4v) is 3.85. The van der Waals surface area contributed by atoms with Crippen molar-refractivity contribution in [3.05, 3.63) is 16.4 Å². The van der Waals surface area contributed by atoms with Crippen LogP contribution in [0.1, 0.15) is 55.4 Å². The summed E-state index contributed by atoms with van der Waals surface area (Å²) < 4.78 is 1.89. The summed E-state index contributed by atoms with van der Waals surface area (Å²) >= 11 is 1.62. The van der Waals surface area contributed by atoms with Gasteiger partial charge in [0.05, 0.1) is 17.9 Å². The van der Waals surface area contributed by atoms with Crippen LogP contribution in [0.15, 0.2) is 0 Å². The number of fused-ring (bicyclic) bond motifs is 1. The molecule has 2 aromatic rings. The van der Waals surface area contributed by atoms with Crippen LogP contribution in [-0.2, 0) is 17.8 Å². The number of aromatic nitrogens is 3. The highest BCUT2D eigenvalue weighted by Crippen LogP contribution is 2.24. The maximum Gasteiger partial charge on any atom is 0.223 e. The minimum absolute atomic E-state index is 0.190. The molecule has 6 heteroatoms. The summed E-state index contributed by atoms with van der Waals surface area (Å²) in [5.74, 6) is 0.388. The molecule has 0 atom stereocenters. The highest BCUT2D eigenvalue weighted by atomic mass is 32.1. The Kier molecular flexibility index (Phi) is 4.24. The van der Waals surface area contributed by atoms with Crippen LogP contribution < -0.4 is 5.32 Å². The molecule has 2 aromatic heterocycles. The summed E-state index contributed by atoms with van der Waals surface area (Å²) in [6.45, 7) is 4.60. The minimum atomic E-state index is 0.190. The molecule has 3 rings (SSSR count). The van der Waals surface area contributed by atoms with Gasteiger partial charge >= 0.3 is 0 Å². The Morgan fingerprint density at radius 1 is 1.38 bits per heavy atom. The number of imidazole rings is 1. The van der Waals surface area contributed by atoms with Gasteiger partial charge in [-0.2, -0.15) is 5.10 Å². The summed E-state index contributed by atoms with van der Waals surface area (Å²) in [6, 6.07) is 0. The van der Waals surface area contributed by atoms with E-state index in [0.29, 0.717) is 6.54 Å². The molecule has 1 aliphatic carbocycles. The van der Waals surface area contributed by atoms with Crippen molar-refractivity contribution < 1.29 is 4.79 Å². The summed E-state index contributed by atoms with van der Waals surface area (Å²) in [4.78, 5) is 17.7. The van der Waals surface area contributed by atoms with Gasteiger partial charge in [0.2, 0.25) is 10.9 Å².